The summed E-state index contributed by atoms with van der Waals surface area (Å²) >= 11 is 0. The van der Waals surface area contributed by atoms with Gasteiger partial charge in [0.05, 0.1) is 13.7 Å². The monoisotopic (exact) mass is 224 g/mol. The smallest absolute Gasteiger partial charge is 0.492 e. The van der Waals surface area contributed by atoms with Gasteiger partial charge in [0.25, 0.3) is 0 Å². The highest BCUT2D eigenvalue weighted by Gasteiger charge is 2.21. The van der Waals surface area contributed by atoms with E-state index in [1.807, 2.05) is 19.9 Å². The summed E-state index contributed by atoms with van der Waals surface area (Å²) < 4.78 is 10.6. The molecule has 0 saturated heterocycles. The largest absolute Gasteiger partial charge is 0.493 e. The van der Waals surface area contributed by atoms with E-state index in [0.717, 1.165) is 12.0 Å². The Kier molecular flexibility index (Phi) is 4.64. The Labute approximate surface area is 96.0 Å². The van der Waals surface area contributed by atoms with Gasteiger partial charge in [0.1, 0.15) is 0 Å². The molecule has 0 spiro atoms. The van der Waals surface area contributed by atoms with Crippen LogP contribution in [0.25, 0.3) is 0 Å². The molecule has 0 saturated carbocycles. The highest BCUT2D eigenvalue weighted by molar-refractivity contribution is 6.60. The summed E-state index contributed by atoms with van der Waals surface area (Å²) in [5.74, 6) is 0.932. The molecule has 0 heterocycles. The zero-order chi connectivity index (χ0) is 12.1. The lowest BCUT2D eigenvalue weighted by Crippen LogP contribution is -2.32. The number of benzene rings is 1. The second-order valence-electron chi connectivity index (χ2n) is 3.38. The predicted molar refractivity (Wildman–Crippen MR) is 63.4 cm³/mol. The van der Waals surface area contributed by atoms with Crippen molar-refractivity contribution < 1.29 is 19.5 Å². The summed E-state index contributed by atoms with van der Waals surface area (Å²) in [7, 11) is -0.0212. The zero-order valence-electron chi connectivity index (χ0n) is 9.86. The SMILES string of the molecule is CCOc1c(OC)cc(CC)cc1B(O)O. The van der Waals surface area contributed by atoms with Crippen LogP contribution in [0.1, 0.15) is 19.4 Å². The molecule has 5 heteroatoms. The standard InChI is InChI=1S/C11H17BO4/c1-4-8-6-9(12(13)14)11(16-5-2)10(7-8)15-3/h6-7,13-14H,4-5H2,1-3H3. The molecule has 0 radical (unpaired) electrons. The molecule has 2 N–H and O–H groups in total. The lowest BCUT2D eigenvalue weighted by Gasteiger charge is -2.15. The van der Waals surface area contributed by atoms with Crippen molar-refractivity contribution in [2.45, 2.75) is 20.3 Å². The maximum absolute atomic E-state index is 9.29. The van der Waals surface area contributed by atoms with Crippen LogP contribution < -0.4 is 14.9 Å². The van der Waals surface area contributed by atoms with E-state index in [9.17, 15) is 10.0 Å². The predicted octanol–water partition coefficient (Wildman–Crippen LogP) is 0.336. The van der Waals surface area contributed by atoms with Crippen molar-refractivity contribution in [2.75, 3.05) is 13.7 Å². The number of hydrogen-bond donors (Lipinski definition) is 2. The Morgan fingerprint density at radius 3 is 2.38 bits per heavy atom. The van der Waals surface area contributed by atoms with Gasteiger partial charge in [-0.2, -0.15) is 0 Å². The Bertz CT molecular complexity index is 352. The third-order valence-electron chi connectivity index (χ3n) is 2.34. The molecule has 88 valence electrons. The molecule has 0 amide bonds. The second kappa shape index (κ2) is 5.77. The minimum absolute atomic E-state index is 0.345. The molecule has 1 aromatic carbocycles. The molecule has 16 heavy (non-hydrogen) atoms. The Morgan fingerprint density at radius 2 is 1.94 bits per heavy atom. The van der Waals surface area contributed by atoms with Crippen molar-refractivity contribution in [3.05, 3.63) is 17.7 Å². The van der Waals surface area contributed by atoms with E-state index < -0.39 is 7.12 Å². The maximum atomic E-state index is 9.29. The minimum Gasteiger partial charge on any atom is -0.493 e. The molecule has 0 unspecified atom stereocenters. The molecular weight excluding hydrogens is 207 g/mol. The van der Waals surface area contributed by atoms with E-state index in [0.29, 0.717) is 23.6 Å². The second-order valence-corrected chi connectivity index (χ2v) is 3.38. The highest BCUT2D eigenvalue weighted by Crippen LogP contribution is 2.26. The van der Waals surface area contributed by atoms with Crippen molar-refractivity contribution in [3.8, 4) is 11.5 Å². The molecule has 0 aromatic heterocycles. The summed E-state index contributed by atoms with van der Waals surface area (Å²) in [6.45, 7) is 4.27. The number of ether oxygens (including phenoxy) is 2. The first-order chi connectivity index (χ1) is 7.63. The van der Waals surface area contributed by atoms with E-state index in [2.05, 4.69) is 0 Å². The molecular formula is C11H17BO4. The summed E-state index contributed by atoms with van der Waals surface area (Å²) in [6.07, 6.45) is 0.794. The van der Waals surface area contributed by atoms with Crippen molar-refractivity contribution in [2.24, 2.45) is 0 Å². The van der Waals surface area contributed by atoms with Crippen LogP contribution in [0.4, 0.5) is 0 Å². The normalized spacial score (nSPS) is 10.1. The summed E-state index contributed by atoms with van der Waals surface area (Å²) in [4.78, 5) is 0. The van der Waals surface area contributed by atoms with Crippen molar-refractivity contribution in [1.29, 1.82) is 0 Å². The fourth-order valence-corrected chi connectivity index (χ4v) is 1.53. The number of methoxy groups -OCH3 is 1. The van der Waals surface area contributed by atoms with Crippen LogP contribution in [0.3, 0.4) is 0 Å². The molecule has 1 rings (SSSR count). The quantitative estimate of drug-likeness (QED) is 0.708. The third kappa shape index (κ3) is 2.68. The van der Waals surface area contributed by atoms with Crippen molar-refractivity contribution in [3.63, 3.8) is 0 Å². The van der Waals surface area contributed by atoms with E-state index in [1.54, 1.807) is 6.07 Å². The number of hydrogen-bond acceptors (Lipinski definition) is 4. The average molecular weight is 224 g/mol. The fourth-order valence-electron chi connectivity index (χ4n) is 1.53. The van der Waals surface area contributed by atoms with Gasteiger partial charge in [0, 0.05) is 5.46 Å². The highest BCUT2D eigenvalue weighted by atomic mass is 16.5. The van der Waals surface area contributed by atoms with E-state index in [1.165, 1.54) is 7.11 Å². The zero-order valence-corrected chi connectivity index (χ0v) is 9.86. The number of aryl methyl sites for hydroxylation is 1. The van der Waals surface area contributed by atoms with Gasteiger partial charge in [-0.05, 0) is 25.0 Å². The summed E-state index contributed by atoms with van der Waals surface area (Å²) in [6, 6.07) is 3.56. The summed E-state index contributed by atoms with van der Waals surface area (Å²) in [5.41, 5.74) is 1.32. The molecule has 4 nitrogen and oxygen atoms in total. The first-order valence-electron chi connectivity index (χ1n) is 5.33. The Balaban J connectivity index is 3.29. The van der Waals surface area contributed by atoms with Gasteiger partial charge in [-0.1, -0.05) is 13.0 Å². The molecule has 0 aliphatic rings. The Hall–Kier alpha value is -1.20. The minimum atomic E-state index is -1.55. The van der Waals surface area contributed by atoms with Crippen molar-refractivity contribution >= 4 is 12.6 Å². The van der Waals surface area contributed by atoms with Crippen molar-refractivity contribution in [1.82, 2.24) is 0 Å². The van der Waals surface area contributed by atoms with Gasteiger partial charge in [-0.15, -0.1) is 0 Å². The van der Waals surface area contributed by atoms with E-state index >= 15 is 0 Å². The van der Waals surface area contributed by atoms with Crippen LogP contribution in [0.5, 0.6) is 11.5 Å². The van der Waals surface area contributed by atoms with Gasteiger partial charge in [-0.25, -0.2) is 0 Å². The molecule has 1 aromatic rings. The van der Waals surface area contributed by atoms with Crippen LogP contribution in [-0.4, -0.2) is 30.9 Å². The lowest BCUT2D eigenvalue weighted by molar-refractivity contribution is 0.311. The van der Waals surface area contributed by atoms with Crippen LogP contribution in [0.15, 0.2) is 12.1 Å². The van der Waals surface area contributed by atoms with Crippen LogP contribution in [-0.2, 0) is 6.42 Å². The topological polar surface area (TPSA) is 58.9 Å². The van der Waals surface area contributed by atoms with Gasteiger partial charge in [0.2, 0.25) is 0 Å². The molecule has 0 bridgehead atoms. The lowest BCUT2D eigenvalue weighted by atomic mass is 9.78. The first-order valence-corrected chi connectivity index (χ1v) is 5.33. The summed E-state index contributed by atoms with van der Waals surface area (Å²) in [5, 5.41) is 18.6. The molecule has 0 atom stereocenters. The van der Waals surface area contributed by atoms with E-state index in [-0.39, 0.29) is 0 Å². The van der Waals surface area contributed by atoms with Crippen LogP contribution in [0.2, 0.25) is 0 Å². The van der Waals surface area contributed by atoms with Gasteiger partial charge < -0.3 is 19.5 Å². The molecule has 0 aliphatic heterocycles. The Morgan fingerprint density at radius 1 is 1.25 bits per heavy atom. The van der Waals surface area contributed by atoms with Gasteiger partial charge in [0.15, 0.2) is 11.5 Å². The molecule has 0 fully saturated rings. The fraction of sp³-hybridized carbons (Fsp3) is 0.455. The number of rotatable bonds is 5. The molecule has 0 aliphatic carbocycles. The average Bonchev–Trinajstić information content (AvgIpc) is 2.29. The maximum Gasteiger partial charge on any atom is 0.492 e. The van der Waals surface area contributed by atoms with E-state index in [4.69, 9.17) is 9.47 Å². The first kappa shape index (κ1) is 12.9. The third-order valence-corrected chi connectivity index (χ3v) is 2.34. The van der Waals surface area contributed by atoms with Crippen LogP contribution >= 0.6 is 0 Å². The van der Waals surface area contributed by atoms with Gasteiger partial charge in [-0.3, -0.25) is 0 Å². The van der Waals surface area contributed by atoms with Crippen LogP contribution in [0, 0.1) is 0 Å². The van der Waals surface area contributed by atoms with Gasteiger partial charge >= 0.3 is 7.12 Å².